The maximum atomic E-state index is 12.0. The molecule has 0 bridgehead atoms. The summed E-state index contributed by atoms with van der Waals surface area (Å²) in [5.74, 6) is -0.107. The van der Waals surface area contributed by atoms with Crippen LogP contribution in [0.2, 0.25) is 10.0 Å². The zero-order chi connectivity index (χ0) is 25.2. The molecule has 3 rings (SSSR count). The molecule has 35 heavy (non-hydrogen) atoms. The number of nitrogens with zero attached hydrogens (tertiary/aromatic N) is 1. The molecule has 0 radical (unpaired) electrons. The van der Waals surface area contributed by atoms with Gasteiger partial charge in [0, 0.05) is 5.69 Å². The van der Waals surface area contributed by atoms with E-state index in [2.05, 4.69) is 15.8 Å². The van der Waals surface area contributed by atoms with Gasteiger partial charge in [-0.15, -0.1) is 0 Å². The van der Waals surface area contributed by atoms with Crippen molar-refractivity contribution in [2.75, 3.05) is 19.0 Å². The van der Waals surface area contributed by atoms with Gasteiger partial charge in [0.05, 0.1) is 30.0 Å². The van der Waals surface area contributed by atoms with Crippen LogP contribution in [-0.4, -0.2) is 31.7 Å². The summed E-state index contributed by atoms with van der Waals surface area (Å²) >= 11 is 12.0. The Hall–Kier alpha value is -3.75. The van der Waals surface area contributed by atoms with E-state index in [1.54, 1.807) is 54.6 Å². The van der Waals surface area contributed by atoms with Crippen LogP contribution in [0.15, 0.2) is 65.8 Å². The van der Waals surface area contributed by atoms with Crippen LogP contribution < -0.4 is 25.0 Å². The van der Waals surface area contributed by atoms with Crippen molar-refractivity contribution in [2.24, 2.45) is 5.10 Å². The van der Waals surface area contributed by atoms with Crippen molar-refractivity contribution < 1.29 is 23.8 Å². The van der Waals surface area contributed by atoms with Crippen LogP contribution >= 0.6 is 23.2 Å². The lowest BCUT2D eigenvalue weighted by molar-refractivity contribution is -0.136. The van der Waals surface area contributed by atoms with Gasteiger partial charge in [-0.3, -0.25) is 9.59 Å². The quantitative estimate of drug-likeness (QED) is 0.235. The largest absolute Gasteiger partial charge is 0.497 e. The summed E-state index contributed by atoms with van der Waals surface area (Å²) in [6.07, 6.45) is 1.39. The summed E-state index contributed by atoms with van der Waals surface area (Å²) < 4.78 is 16.6. The number of hydrogen-bond donors (Lipinski definition) is 2. The molecule has 3 aromatic rings. The number of nitrogens with one attached hydrogen (secondary N) is 2. The van der Waals surface area contributed by atoms with Gasteiger partial charge in [0.2, 0.25) is 0 Å². The third-order valence-electron chi connectivity index (χ3n) is 4.58. The summed E-state index contributed by atoms with van der Waals surface area (Å²) in [5, 5.41) is 7.24. The SMILES string of the molecule is CCOc1cc(/C=N\NC(=O)C(=O)Nc2ccc(OC)cc2)ccc1OCc1ccc(Cl)c(Cl)c1. The van der Waals surface area contributed by atoms with Gasteiger partial charge in [-0.2, -0.15) is 5.10 Å². The van der Waals surface area contributed by atoms with Crippen molar-refractivity contribution in [2.45, 2.75) is 13.5 Å². The zero-order valence-corrected chi connectivity index (χ0v) is 20.5. The first kappa shape index (κ1) is 25.9. The average molecular weight is 516 g/mol. The lowest BCUT2D eigenvalue weighted by Crippen LogP contribution is -2.32. The molecule has 3 aromatic carbocycles. The maximum Gasteiger partial charge on any atom is 0.329 e. The minimum Gasteiger partial charge on any atom is -0.497 e. The molecule has 0 unspecified atom stereocenters. The summed E-state index contributed by atoms with van der Waals surface area (Å²) in [4.78, 5) is 24.1. The van der Waals surface area contributed by atoms with Crippen LogP contribution in [0.1, 0.15) is 18.1 Å². The summed E-state index contributed by atoms with van der Waals surface area (Å²) in [5.41, 5.74) is 4.13. The lowest BCUT2D eigenvalue weighted by Gasteiger charge is -2.13. The van der Waals surface area contributed by atoms with E-state index in [1.165, 1.54) is 13.3 Å². The predicted octanol–water partition coefficient (Wildman–Crippen LogP) is 5.07. The molecular weight excluding hydrogens is 493 g/mol. The molecule has 10 heteroatoms. The maximum absolute atomic E-state index is 12.0. The second-order valence-corrected chi connectivity index (χ2v) is 7.87. The Morgan fingerprint density at radius 2 is 1.69 bits per heavy atom. The monoisotopic (exact) mass is 515 g/mol. The fraction of sp³-hybridized carbons (Fsp3) is 0.160. The number of halogens is 2. The third-order valence-corrected chi connectivity index (χ3v) is 5.32. The van der Waals surface area contributed by atoms with Crippen LogP contribution in [0, 0.1) is 0 Å². The number of carbonyl (C=O) groups excluding carboxylic acids is 2. The molecule has 0 heterocycles. The summed E-state index contributed by atoms with van der Waals surface area (Å²) in [6.45, 7) is 2.54. The number of ether oxygens (including phenoxy) is 3. The van der Waals surface area contributed by atoms with E-state index < -0.39 is 11.8 Å². The normalized spacial score (nSPS) is 10.6. The van der Waals surface area contributed by atoms with E-state index in [9.17, 15) is 9.59 Å². The van der Waals surface area contributed by atoms with Gasteiger partial charge < -0.3 is 19.5 Å². The Bertz CT molecular complexity index is 1220. The molecular formula is C25H23Cl2N3O5. The minimum absolute atomic E-state index is 0.268. The number of hydrogen-bond acceptors (Lipinski definition) is 6. The smallest absolute Gasteiger partial charge is 0.329 e. The van der Waals surface area contributed by atoms with E-state index >= 15 is 0 Å². The zero-order valence-electron chi connectivity index (χ0n) is 19.0. The molecule has 0 fully saturated rings. The highest BCUT2D eigenvalue weighted by Crippen LogP contribution is 2.30. The first-order valence-corrected chi connectivity index (χ1v) is 11.3. The van der Waals surface area contributed by atoms with Gasteiger partial charge in [0.1, 0.15) is 12.4 Å². The van der Waals surface area contributed by atoms with Gasteiger partial charge in [0.25, 0.3) is 0 Å². The van der Waals surface area contributed by atoms with E-state index in [1.807, 2.05) is 13.0 Å². The number of anilines is 1. The highest BCUT2D eigenvalue weighted by atomic mass is 35.5. The summed E-state index contributed by atoms with van der Waals surface area (Å²) in [7, 11) is 1.54. The van der Waals surface area contributed by atoms with Crippen LogP contribution in [0.5, 0.6) is 17.2 Å². The first-order valence-electron chi connectivity index (χ1n) is 10.5. The van der Waals surface area contributed by atoms with Crippen molar-refractivity contribution >= 4 is 46.9 Å². The third kappa shape index (κ3) is 7.63. The Kier molecular flexibility index (Phi) is 9.34. The number of hydrazone groups is 1. The molecule has 2 N–H and O–H groups in total. The number of methoxy groups -OCH3 is 1. The number of carbonyl (C=O) groups is 2. The molecule has 0 spiro atoms. The van der Waals surface area contributed by atoms with E-state index in [4.69, 9.17) is 37.4 Å². The van der Waals surface area contributed by atoms with Crippen molar-refractivity contribution in [1.82, 2.24) is 5.43 Å². The van der Waals surface area contributed by atoms with E-state index in [-0.39, 0.29) is 6.61 Å². The van der Waals surface area contributed by atoms with Gasteiger partial charge in [0.15, 0.2) is 11.5 Å². The second-order valence-electron chi connectivity index (χ2n) is 7.06. The second kappa shape index (κ2) is 12.6. The van der Waals surface area contributed by atoms with Crippen molar-refractivity contribution in [3.8, 4) is 17.2 Å². The lowest BCUT2D eigenvalue weighted by atomic mass is 10.2. The molecule has 0 aliphatic rings. The van der Waals surface area contributed by atoms with E-state index in [0.29, 0.717) is 45.2 Å². The first-order chi connectivity index (χ1) is 16.9. The number of rotatable bonds is 9. The Morgan fingerprint density at radius 3 is 2.37 bits per heavy atom. The van der Waals surface area contributed by atoms with Crippen LogP contribution in [-0.2, 0) is 16.2 Å². The number of benzene rings is 3. The highest BCUT2D eigenvalue weighted by Gasteiger charge is 2.13. The molecule has 0 aromatic heterocycles. The molecule has 182 valence electrons. The van der Waals surface area contributed by atoms with Gasteiger partial charge in [-0.05, 0) is 72.6 Å². The molecule has 0 saturated carbocycles. The highest BCUT2D eigenvalue weighted by molar-refractivity contribution is 6.42. The van der Waals surface area contributed by atoms with Gasteiger partial charge in [-0.1, -0.05) is 29.3 Å². The van der Waals surface area contributed by atoms with Crippen molar-refractivity contribution in [1.29, 1.82) is 0 Å². The van der Waals surface area contributed by atoms with Crippen molar-refractivity contribution in [3.63, 3.8) is 0 Å². The molecule has 0 saturated heterocycles. The van der Waals surface area contributed by atoms with Crippen LogP contribution in [0.4, 0.5) is 5.69 Å². The van der Waals surface area contributed by atoms with E-state index in [0.717, 1.165) is 5.56 Å². The fourth-order valence-electron chi connectivity index (χ4n) is 2.86. The summed E-state index contributed by atoms with van der Waals surface area (Å²) in [6, 6.07) is 17.0. The Balaban J connectivity index is 1.58. The fourth-order valence-corrected chi connectivity index (χ4v) is 3.18. The Morgan fingerprint density at radius 1 is 0.914 bits per heavy atom. The topological polar surface area (TPSA) is 98.2 Å². The van der Waals surface area contributed by atoms with Gasteiger partial charge in [-0.25, -0.2) is 5.43 Å². The molecule has 0 aliphatic heterocycles. The van der Waals surface area contributed by atoms with Crippen LogP contribution in [0.25, 0.3) is 0 Å². The molecule has 0 atom stereocenters. The molecule has 2 amide bonds. The minimum atomic E-state index is -0.913. The average Bonchev–Trinajstić information content (AvgIpc) is 2.86. The van der Waals surface area contributed by atoms with Gasteiger partial charge >= 0.3 is 11.8 Å². The molecule has 0 aliphatic carbocycles. The standard InChI is InChI=1S/C25H23Cl2N3O5/c1-3-34-23-13-16(5-11-22(23)35-15-17-4-10-20(26)21(27)12-17)14-28-30-25(32)24(31)29-18-6-8-19(33-2)9-7-18/h4-14H,3,15H2,1-2H3,(H,29,31)(H,30,32)/b28-14-. The predicted molar refractivity (Wildman–Crippen MR) is 136 cm³/mol. The Labute approximate surface area is 212 Å². The van der Waals surface area contributed by atoms with Crippen LogP contribution in [0.3, 0.4) is 0 Å². The number of amides is 2. The van der Waals surface area contributed by atoms with Crippen molar-refractivity contribution in [3.05, 3.63) is 81.8 Å². The molecule has 8 nitrogen and oxygen atoms in total.